The zero-order valence-electron chi connectivity index (χ0n) is 8.57. The third-order valence-corrected chi connectivity index (χ3v) is 2.57. The second kappa shape index (κ2) is 6.67. The Labute approximate surface area is 91.8 Å². The molecule has 0 radical (unpaired) electrons. The van der Waals surface area contributed by atoms with Gasteiger partial charge < -0.3 is 0 Å². The zero-order chi connectivity index (χ0) is 11.2. The minimum atomic E-state index is -4.09. The molecule has 0 unspecified atom stereocenters. The first kappa shape index (κ1) is 14.2. The van der Waals surface area contributed by atoms with E-state index in [4.69, 9.17) is 0 Å². The second-order valence-corrected chi connectivity index (χ2v) is 4.04. The summed E-state index contributed by atoms with van der Waals surface area (Å²) in [5.74, 6) is 0. The van der Waals surface area contributed by atoms with Gasteiger partial charge in [-0.1, -0.05) is 29.8 Å². The van der Waals surface area contributed by atoms with Gasteiger partial charge in [-0.3, -0.25) is 4.90 Å². The summed E-state index contributed by atoms with van der Waals surface area (Å²) in [6, 6.07) is 0.0363. The maximum Gasteiger partial charge on any atom is 0.401 e. The van der Waals surface area contributed by atoms with Crippen molar-refractivity contribution in [3.63, 3.8) is 0 Å². The number of alkyl halides is 4. The van der Waals surface area contributed by atoms with E-state index in [2.05, 4.69) is 15.9 Å². The molecule has 86 valence electrons. The van der Waals surface area contributed by atoms with Crippen molar-refractivity contribution in [2.45, 2.75) is 38.9 Å². The number of hydrogen-bond acceptors (Lipinski definition) is 1. The molecule has 0 aromatic carbocycles. The average molecular weight is 276 g/mol. The fraction of sp³-hybridized carbons (Fsp3) is 1.00. The number of rotatable bonds is 6. The van der Waals surface area contributed by atoms with E-state index in [-0.39, 0.29) is 6.04 Å². The van der Waals surface area contributed by atoms with Gasteiger partial charge in [0.1, 0.15) is 0 Å². The number of nitrogens with zero attached hydrogens (tertiary/aromatic N) is 1. The van der Waals surface area contributed by atoms with Gasteiger partial charge in [0.05, 0.1) is 6.54 Å². The molecule has 0 bridgehead atoms. The molecule has 5 heteroatoms. The summed E-state index contributed by atoms with van der Waals surface area (Å²) in [5, 5.41) is 0.583. The van der Waals surface area contributed by atoms with Crippen molar-refractivity contribution < 1.29 is 13.2 Å². The highest BCUT2D eigenvalue weighted by Gasteiger charge is 2.32. The molecule has 0 aromatic rings. The van der Waals surface area contributed by atoms with Crippen LogP contribution in [0.15, 0.2) is 0 Å². The molecule has 0 rings (SSSR count). The number of hydrogen-bond donors (Lipinski definition) is 0. The fourth-order valence-corrected chi connectivity index (χ4v) is 1.99. The van der Waals surface area contributed by atoms with Gasteiger partial charge >= 0.3 is 6.18 Å². The summed E-state index contributed by atoms with van der Waals surface area (Å²) in [6.45, 7) is 3.49. The van der Waals surface area contributed by atoms with Crippen LogP contribution in [0.2, 0.25) is 0 Å². The van der Waals surface area contributed by atoms with E-state index in [1.807, 2.05) is 13.8 Å². The summed E-state index contributed by atoms with van der Waals surface area (Å²) < 4.78 is 36.6. The lowest BCUT2D eigenvalue weighted by molar-refractivity contribution is -0.150. The van der Waals surface area contributed by atoms with E-state index >= 15 is 0 Å². The highest BCUT2D eigenvalue weighted by Crippen LogP contribution is 2.20. The SMILES string of the molecule is CCC(CC)N(CCBr)CC(F)(F)F. The lowest BCUT2D eigenvalue weighted by atomic mass is 10.1. The third-order valence-electron chi connectivity index (χ3n) is 2.21. The predicted octanol–water partition coefficient (Wildman–Crippen LogP) is 3.43. The second-order valence-electron chi connectivity index (χ2n) is 3.24. The van der Waals surface area contributed by atoms with Crippen LogP contribution < -0.4 is 0 Å². The van der Waals surface area contributed by atoms with Crippen LogP contribution in [0, 0.1) is 0 Å². The minimum absolute atomic E-state index is 0.0363. The van der Waals surface area contributed by atoms with E-state index in [9.17, 15) is 13.2 Å². The molecule has 0 amide bonds. The van der Waals surface area contributed by atoms with Gasteiger partial charge in [-0.15, -0.1) is 0 Å². The van der Waals surface area contributed by atoms with Gasteiger partial charge in [0.15, 0.2) is 0 Å². The van der Waals surface area contributed by atoms with Crippen LogP contribution in [0.4, 0.5) is 13.2 Å². The molecule has 0 saturated heterocycles. The Bertz CT molecular complexity index is 145. The van der Waals surface area contributed by atoms with Gasteiger partial charge in [-0.2, -0.15) is 13.2 Å². The first-order chi connectivity index (χ1) is 6.44. The van der Waals surface area contributed by atoms with E-state index < -0.39 is 12.7 Å². The lowest BCUT2D eigenvalue weighted by Crippen LogP contribution is -2.42. The Morgan fingerprint density at radius 2 is 1.71 bits per heavy atom. The largest absolute Gasteiger partial charge is 0.401 e. The lowest BCUT2D eigenvalue weighted by Gasteiger charge is -2.30. The van der Waals surface area contributed by atoms with Crippen LogP contribution >= 0.6 is 15.9 Å². The van der Waals surface area contributed by atoms with Crippen molar-refractivity contribution >= 4 is 15.9 Å². The summed E-state index contributed by atoms with van der Waals surface area (Å²) in [5.41, 5.74) is 0. The van der Waals surface area contributed by atoms with Gasteiger partial charge in [-0.05, 0) is 12.8 Å². The molecule has 0 N–H and O–H groups in total. The Kier molecular flexibility index (Phi) is 6.78. The monoisotopic (exact) mass is 275 g/mol. The Hall–Kier alpha value is 0.230. The summed E-state index contributed by atoms with van der Waals surface area (Å²) >= 11 is 3.18. The maximum atomic E-state index is 12.2. The Balaban J connectivity index is 4.26. The van der Waals surface area contributed by atoms with E-state index in [0.29, 0.717) is 11.9 Å². The molecule has 0 aliphatic rings. The van der Waals surface area contributed by atoms with E-state index in [1.165, 1.54) is 4.90 Å². The molecule has 0 fully saturated rings. The number of halogens is 4. The quantitative estimate of drug-likeness (QED) is 0.672. The highest BCUT2D eigenvalue weighted by molar-refractivity contribution is 9.09. The topological polar surface area (TPSA) is 3.24 Å². The molecule has 0 heterocycles. The van der Waals surface area contributed by atoms with Crippen LogP contribution in [-0.4, -0.2) is 35.5 Å². The summed E-state index contributed by atoms with van der Waals surface area (Å²) in [7, 11) is 0. The third kappa shape index (κ3) is 5.86. The van der Waals surface area contributed by atoms with E-state index in [1.54, 1.807) is 0 Å². The molecule has 1 nitrogen and oxygen atoms in total. The van der Waals surface area contributed by atoms with Crippen LogP contribution in [0.25, 0.3) is 0 Å². The Morgan fingerprint density at radius 1 is 1.21 bits per heavy atom. The van der Waals surface area contributed by atoms with Gasteiger partial charge in [0.25, 0.3) is 0 Å². The maximum absolute atomic E-state index is 12.2. The van der Waals surface area contributed by atoms with Crippen LogP contribution in [-0.2, 0) is 0 Å². The van der Waals surface area contributed by atoms with Crippen LogP contribution in [0.1, 0.15) is 26.7 Å². The molecule has 0 atom stereocenters. The summed E-state index contributed by atoms with van der Waals surface area (Å²) in [4.78, 5) is 1.49. The van der Waals surface area contributed by atoms with Crippen molar-refractivity contribution in [2.75, 3.05) is 18.4 Å². The standard InChI is InChI=1S/C9H17BrF3N/c1-3-8(4-2)14(6-5-10)7-9(11,12)13/h8H,3-7H2,1-2H3. The van der Waals surface area contributed by atoms with Crippen molar-refractivity contribution in [1.29, 1.82) is 0 Å². The molecule has 0 aromatic heterocycles. The first-order valence-electron chi connectivity index (χ1n) is 4.81. The first-order valence-corrected chi connectivity index (χ1v) is 5.93. The van der Waals surface area contributed by atoms with Crippen molar-refractivity contribution in [1.82, 2.24) is 4.90 Å². The van der Waals surface area contributed by atoms with Gasteiger partial charge in [0.2, 0.25) is 0 Å². The van der Waals surface area contributed by atoms with Gasteiger partial charge in [-0.25, -0.2) is 0 Å². The fourth-order valence-electron chi connectivity index (χ4n) is 1.53. The predicted molar refractivity (Wildman–Crippen MR) is 55.8 cm³/mol. The molecule has 0 aliphatic carbocycles. The van der Waals surface area contributed by atoms with Crippen molar-refractivity contribution in [3.05, 3.63) is 0 Å². The minimum Gasteiger partial charge on any atom is -0.291 e. The normalized spacial score (nSPS) is 12.9. The molecular formula is C9H17BrF3N. The molecule has 0 aliphatic heterocycles. The average Bonchev–Trinajstić information content (AvgIpc) is 2.04. The van der Waals surface area contributed by atoms with Crippen LogP contribution in [0.3, 0.4) is 0 Å². The van der Waals surface area contributed by atoms with E-state index in [0.717, 1.165) is 12.8 Å². The molecule has 14 heavy (non-hydrogen) atoms. The Morgan fingerprint density at radius 3 is 2.00 bits per heavy atom. The van der Waals surface area contributed by atoms with Crippen LogP contribution in [0.5, 0.6) is 0 Å². The molecular weight excluding hydrogens is 259 g/mol. The summed E-state index contributed by atoms with van der Waals surface area (Å²) in [6.07, 6.45) is -2.57. The molecule has 0 spiro atoms. The molecule has 0 saturated carbocycles. The highest BCUT2D eigenvalue weighted by atomic mass is 79.9. The zero-order valence-corrected chi connectivity index (χ0v) is 10.2. The van der Waals surface area contributed by atoms with Gasteiger partial charge in [0, 0.05) is 17.9 Å². The van der Waals surface area contributed by atoms with Crippen molar-refractivity contribution in [2.24, 2.45) is 0 Å². The van der Waals surface area contributed by atoms with Crippen molar-refractivity contribution in [3.8, 4) is 0 Å². The smallest absolute Gasteiger partial charge is 0.291 e.